The minimum atomic E-state index is -2.27. The highest BCUT2D eigenvalue weighted by Crippen LogP contribution is 2.17. The summed E-state index contributed by atoms with van der Waals surface area (Å²) in [6.45, 7) is 2.96. The summed E-state index contributed by atoms with van der Waals surface area (Å²) < 4.78 is 13.6. The van der Waals surface area contributed by atoms with E-state index in [-0.39, 0.29) is 11.3 Å². The van der Waals surface area contributed by atoms with Crippen molar-refractivity contribution in [1.82, 2.24) is 0 Å². The van der Waals surface area contributed by atoms with Crippen LogP contribution in [0.4, 0.5) is 10.1 Å². The highest BCUT2D eigenvalue weighted by Gasteiger charge is 2.29. The number of carbonyl (C=O) groups excluding carboxylic acids is 2. The lowest BCUT2D eigenvalue weighted by atomic mass is 9.98. The lowest BCUT2D eigenvalue weighted by Crippen LogP contribution is -2.29. The van der Waals surface area contributed by atoms with Gasteiger partial charge in [-0.2, -0.15) is 0 Å². The lowest BCUT2D eigenvalue weighted by Gasteiger charge is -2.08. The number of nitrogens with zero attached hydrogens (tertiary/aromatic N) is 1. The molecule has 18 heavy (non-hydrogen) atoms. The van der Waals surface area contributed by atoms with Gasteiger partial charge in [-0.05, 0) is 0 Å². The molecule has 0 spiro atoms. The Morgan fingerprint density at radius 3 is 2.44 bits per heavy atom. The average molecular weight is 253 g/mol. The van der Waals surface area contributed by atoms with Crippen LogP contribution < -0.4 is 0 Å². The van der Waals surface area contributed by atoms with Gasteiger partial charge in [-0.3, -0.25) is 19.7 Å². The van der Waals surface area contributed by atoms with Crippen molar-refractivity contribution < 1.29 is 18.9 Å². The van der Waals surface area contributed by atoms with E-state index in [1.165, 1.54) is 32.0 Å². The van der Waals surface area contributed by atoms with Gasteiger partial charge in [0.1, 0.15) is 0 Å². The molecular formula is C12H12FNO4. The fourth-order valence-corrected chi connectivity index (χ4v) is 1.34. The van der Waals surface area contributed by atoms with E-state index in [0.29, 0.717) is 0 Å². The molecule has 1 aromatic carbocycles. The van der Waals surface area contributed by atoms with Crippen molar-refractivity contribution >= 4 is 17.3 Å². The number of rotatable bonds is 5. The van der Waals surface area contributed by atoms with Crippen molar-refractivity contribution in [3.63, 3.8) is 0 Å². The summed E-state index contributed by atoms with van der Waals surface area (Å²) in [7, 11) is 0. The van der Waals surface area contributed by atoms with Gasteiger partial charge in [-0.15, -0.1) is 0 Å². The van der Waals surface area contributed by atoms with E-state index in [2.05, 4.69) is 0 Å². The Hall–Kier alpha value is -2.11. The minimum Gasteiger partial charge on any atom is -0.296 e. The normalized spacial score (nSPS) is 12.2. The van der Waals surface area contributed by atoms with Gasteiger partial charge in [0.25, 0.3) is 5.69 Å². The molecule has 0 saturated carbocycles. The molecule has 0 saturated heterocycles. The van der Waals surface area contributed by atoms with Crippen LogP contribution in [0.25, 0.3) is 0 Å². The monoisotopic (exact) mass is 253 g/mol. The third-order valence-corrected chi connectivity index (χ3v) is 2.39. The Balaban J connectivity index is 3.00. The Labute approximate surface area is 103 Å². The Morgan fingerprint density at radius 1 is 1.33 bits per heavy atom. The molecule has 0 aromatic heterocycles. The van der Waals surface area contributed by atoms with Crippen molar-refractivity contribution in [1.29, 1.82) is 0 Å². The number of alkyl halides is 1. The largest absolute Gasteiger partial charge is 0.296 e. The van der Waals surface area contributed by atoms with Gasteiger partial charge in [0.2, 0.25) is 12.0 Å². The molecule has 0 aliphatic heterocycles. The fraction of sp³-hybridized carbons (Fsp3) is 0.333. The zero-order chi connectivity index (χ0) is 13.9. The molecule has 5 nitrogen and oxygen atoms in total. The molecule has 1 unspecified atom stereocenters. The molecule has 0 fully saturated rings. The predicted octanol–water partition coefficient (Wildman–Crippen LogP) is 2.34. The van der Waals surface area contributed by atoms with Crippen LogP contribution in [0.3, 0.4) is 0 Å². The molecule has 96 valence electrons. The van der Waals surface area contributed by atoms with Gasteiger partial charge in [-0.1, -0.05) is 26.0 Å². The van der Waals surface area contributed by atoms with Crippen LogP contribution in [0.5, 0.6) is 0 Å². The predicted molar refractivity (Wildman–Crippen MR) is 62.2 cm³/mol. The topological polar surface area (TPSA) is 77.3 Å². The number of non-ortho nitro benzene ring substituents is 1. The highest BCUT2D eigenvalue weighted by atomic mass is 19.1. The van der Waals surface area contributed by atoms with Gasteiger partial charge >= 0.3 is 0 Å². The number of ketones is 2. The first kappa shape index (κ1) is 14.0. The molecule has 6 heteroatoms. The lowest BCUT2D eigenvalue weighted by molar-refractivity contribution is -0.384. The van der Waals surface area contributed by atoms with Crippen LogP contribution in [0, 0.1) is 16.0 Å². The molecule has 0 aliphatic rings. The second kappa shape index (κ2) is 5.48. The third kappa shape index (κ3) is 2.97. The van der Waals surface area contributed by atoms with Gasteiger partial charge in [0.15, 0.2) is 5.78 Å². The number of benzene rings is 1. The number of carbonyl (C=O) groups is 2. The van der Waals surface area contributed by atoms with Gasteiger partial charge < -0.3 is 0 Å². The molecular weight excluding hydrogens is 241 g/mol. The first-order chi connectivity index (χ1) is 8.34. The fourth-order valence-electron chi connectivity index (χ4n) is 1.34. The number of nitro benzene ring substituents is 1. The molecule has 0 radical (unpaired) electrons. The van der Waals surface area contributed by atoms with Gasteiger partial charge in [0.05, 0.1) is 4.92 Å². The van der Waals surface area contributed by atoms with E-state index in [1.54, 1.807) is 0 Å². The van der Waals surface area contributed by atoms with E-state index in [1.807, 2.05) is 0 Å². The maximum Gasteiger partial charge on any atom is 0.270 e. The Bertz CT molecular complexity index is 499. The zero-order valence-corrected chi connectivity index (χ0v) is 9.92. The van der Waals surface area contributed by atoms with E-state index in [4.69, 9.17) is 0 Å². The Morgan fingerprint density at radius 2 is 1.94 bits per heavy atom. The third-order valence-electron chi connectivity index (χ3n) is 2.39. The van der Waals surface area contributed by atoms with Gasteiger partial charge in [-0.25, -0.2) is 4.39 Å². The number of hydrogen-bond acceptors (Lipinski definition) is 4. The van der Waals surface area contributed by atoms with Crippen LogP contribution in [-0.2, 0) is 4.79 Å². The van der Waals surface area contributed by atoms with Crippen LogP contribution in [0.15, 0.2) is 24.3 Å². The Kier molecular flexibility index (Phi) is 4.25. The molecule has 1 rings (SSSR count). The summed E-state index contributed by atoms with van der Waals surface area (Å²) >= 11 is 0. The summed E-state index contributed by atoms with van der Waals surface area (Å²) in [5, 5.41) is 10.5. The average Bonchev–Trinajstić information content (AvgIpc) is 2.36. The molecule has 0 aliphatic carbocycles. The summed E-state index contributed by atoms with van der Waals surface area (Å²) in [4.78, 5) is 32.8. The minimum absolute atomic E-state index is 0.175. The van der Waals surface area contributed by atoms with E-state index in [0.717, 1.165) is 6.07 Å². The van der Waals surface area contributed by atoms with Crippen molar-refractivity contribution in [3.8, 4) is 0 Å². The SMILES string of the molecule is CC(C)C(=O)C(F)C(=O)c1cccc([N+](=O)[O-])c1. The molecule has 1 aromatic rings. The maximum absolute atomic E-state index is 13.6. The summed E-state index contributed by atoms with van der Waals surface area (Å²) in [6.07, 6.45) is -2.27. The quantitative estimate of drug-likeness (QED) is 0.349. The molecule has 0 heterocycles. The zero-order valence-electron chi connectivity index (χ0n) is 9.92. The molecule has 0 bridgehead atoms. The maximum atomic E-state index is 13.6. The first-order valence-corrected chi connectivity index (χ1v) is 5.31. The van der Waals surface area contributed by atoms with Crippen LogP contribution in [-0.4, -0.2) is 22.7 Å². The van der Waals surface area contributed by atoms with Crippen LogP contribution in [0.2, 0.25) is 0 Å². The second-order valence-electron chi connectivity index (χ2n) is 4.09. The number of nitro groups is 1. The highest BCUT2D eigenvalue weighted by molar-refractivity contribution is 6.13. The second-order valence-corrected chi connectivity index (χ2v) is 4.09. The number of hydrogen-bond donors (Lipinski definition) is 0. The standard InChI is InChI=1S/C12H12FNO4/c1-7(2)11(15)10(13)12(16)8-4-3-5-9(6-8)14(17)18/h3-7,10H,1-2H3. The molecule has 1 atom stereocenters. The van der Waals surface area contributed by atoms with Crippen molar-refractivity contribution in [3.05, 3.63) is 39.9 Å². The smallest absolute Gasteiger partial charge is 0.270 e. The van der Waals surface area contributed by atoms with Crippen molar-refractivity contribution in [2.24, 2.45) is 5.92 Å². The summed E-state index contributed by atoms with van der Waals surface area (Å²) in [5.41, 5.74) is -0.490. The van der Waals surface area contributed by atoms with Crippen molar-refractivity contribution in [2.45, 2.75) is 20.0 Å². The number of Topliss-reactive ketones (excluding diaryl/α,β-unsaturated/α-hetero) is 2. The van der Waals surface area contributed by atoms with E-state index < -0.39 is 28.6 Å². The number of halogens is 1. The van der Waals surface area contributed by atoms with Crippen molar-refractivity contribution in [2.75, 3.05) is 0 Å². The summed E-state index contributed by atoms with van der Waals surface area (Å²) in [5.74, 6) is -2.48. The molecule has 0 amide bonds. The molecule has 0 N–H and O–H groups in total. The van der Waals surface area contributed by atoms with Crippen LogP contribution >= 0.6 is 0 Å². The van der Waals surface area contributed by atoms with Crippen LogP contribution in [0.1, 0.15) is 24.2 Å². The first-order valence-electron chi connectivity index (χ1n) is 5.31. The van der Waals surface area contributed by atoms with Gasteiger partial charge in [0, 0.05) is 23.6 Å². The summed E-state index contributed by atoms with van der Waals surface area (Å²) in [6, 6.07) is 4.67. The van der Waals surface area contributed by atoms with E-state index >= 15 is 0 Å². The van der Waals surface area contributed by atoms with E-state index in [9.17, 15) is 24.1 Å².